The predicted octanol–water partition coefficient (Wildman–Crippen LogP) is 2.04. The molecule has 18 heavy (non-hydrogen) atoms. The van der Waals surface area contributed by atoms with E-state index in [1.165, 1.54) is 0 Å². The Balaban J connectivity index is 2.60. The molecule has 0 aliphatic carbocycles. The molecule has 0 saturated carbocycles. The SMILES string of the molecule is CCC(C(C)=O)c1nc(CCN(CC)CC)no1. The number of hydrogen-bond acceptors (Lipinski definition) is 5. The first-order chi connectivity index (χ1) is 8.62. The van der Waals surface area contributed by atoms with E-state index < -0.39 is 0 Å². The molecule has 1 rings (SSSR count). The first kappa shape index (κ1) is 14.8. The lowest BCUT2D eigenvalue weighted by atomic mass is 10.0. The molecule has 0 aromatic carbocycles. The van der Waals surface area contributed by atoms with Gasteiger partial charge >= 0.3 is 0 Å². The van der Waals surface area contributed by atoms with Crippen LogP contribution in [0.5, 0.6) is 0 Å². The van der Waals surface area contributed by atoms with Gasteiger partial charge < -0.3 is 9.42 Å². The average Bonchev–Trinajstić information content (AvgIpc) is 2.79. The van der Waals surface area contributed by atoms with E-state index in [4.69, 9.17) is 4.52 Å². The summed E-state index contributed by atoms with van der Waals surface area (Å²) in [5.41, 5.74) is 0. The van der Waals surface area contributed by atoms with Gasteiger partial charge in [0, 0.05) is 13.0 Å². The molecule has 0 saturated heterocycles. The second kappa shape index (κ2) is 7.26. The van der Waals surface area contributed by atoms with E-state index in [-0.39, 0.29) is 11.7 Å². The molecule has 1 unspecified atom stereocenters. The van der Waals surface area contributed by atoms with Crippen molar-refractivity contribution in [3.05, 3.63) is 11.7 Å². The second-order valence-corrected chi connectivity index (χ2v) is 4.40. The Labute approximate surface area is 109 Å². The lowest BCUT2D eigenvalue weighted by Gasteiger charge is -2.16. The number of hydrogen-bond donors (Lipinski definition) is 0. The summed E-state index contributed by atoms with van der Waals surface area (Å²) < 4.78 is 5.18. The van der Waals surface area contributed by atoms with Gasteiger partial charge in [-0.1, -0.05) is 25.9 Å². The van der Waals surface area contributed by atoms with Crippen molar-refractivity contribution in [3.8, 4) is 0 Å². The molecule has 0 aliphatic heterocycles. The van der Waals surface area contributed by atoms with Gasteiger partial charge in [0.25, 0.3) is 0 Å². The maximum atomic E-state index is 11.4. The molecule has 0 aliphatic rings. The number of nitrogens with zero attached hydrogens (tertiary/aromatic N) is 3. The summed E-state index contributed by atoms with van der Waals surface area (Å²) in [7, 11) is 0. The van der Waals surface area contributed by atoms with Crippen LogP contribution in [0.25, 0.3) is 0 Å². The number of carbonyl (C=O) groups excluding carboxylic acids is 1. The van der Waals surface area contributed by atoms with Crippen molar-refractivity contribution in [2.24, 2.45) is 0 Å². The molecular weight excluding hydrogens is 230 g/mol. The number of Topliss-reactive ketones (excluding diaryl/α,β-unsaturated/α-hetero) is 1. The highest BCUT2D eigenvalue weighted by atomic mass is 16.5. The third kappa shape index (κ3) is 3.91. The molecular formula is C13H23N3O2. The van der Waals surface area contributed by atoms with E-state index in [2.05, 4.69) is 28.9 Å². The molecule has 1 aromatic rings. The van der Waals surface area contributed by atoms with Crippen LogP contribution in [-0.4, -0.2) is 40.5 Å². The Kier molecular flexibility index (Phi) is 5.98. The van der Waals surface area contributed by atoms with Crippen LogP contribution in [0.3, 0.4) is 0 Å². The Morgan fingerprint density at radius 3 is 2.50 bits per heavy atom. The Hall–Kier alpha value is -1.23. The van der Waals surface area contributed by atoms with E-state index in [0.29, 0.717) is 18.1 Å². The Morgan fingerprint density at radius 1 is 1.33 bits per heavy atom. The maximum absolute atomic E-state index is 11.4. The monoisotopic (exact) mass is 253 g/mol. The smallest absolute Gasteiger partial charge is 0.237 e. The zero-order valence-electron chi connectivity index (χ0n) is 11.8. The van der Waals surface area contributed by atoms with Crippen LogP contribution in [0.2, 0.25) is 0 Å². The van der Waals surface area contributed by atoms with Crippen molar-refractivity contribution < 1.29 is 9.32 Å². The standard InChI is InChI=1S/C13H23N3O2/c1-5-11(10(4)17)13-14-12(15-18-13)8-9-16(6-2)7-3/h11H,5-9H2,1-4H3. The van der Waals surface area contributed by atoms with Crippen LogP contribution in [0.1, 0.15) is 51.7 Å². The molecule has 102 valence electrons. The molecule has 0 N–H and O–H groups in total. The fourth-order valence-electron chi connectivity index (χ4n) is 1.94. The molecule has 5 nitrogen and oxygen atoms in total. The molecule has 0 radical (unpaired) electrons. The zero-order valence-corrected chi connectivity index (χ0v) is 11.8. The van der Waals surface area contributed by atoms with E-state index >= 15 is 0 Å². The predicted molar refractivity (Wildman–Crippen MR) is 69.5 cm³/mol. The summed E-state index contributed by atoms with van der Waals surface area (Å²) in [5, 5.41) is 3.94. The molecule has 0 bridgehead atoms. The van der Waals surface area contributed by atoms with Gasteiger partial charge in [-0.25, -0.2) is 0 Å². The minimum Gasteiger partial charge on any atom is -0.339 e. The first-order valence-corrected chi connectivity index (χ1v) is 6.67. The molecule has 0 amide bonds. The lowest BCUT2D eigenvalue weighted by molar-refractivity contribution is -0.119. The highest BCUT2D eigenvalue weighted by Crippen LogP contribution is 2.18. The third-order valence-electron chi connectivity index (χ3n) is 3.23. The van der Waals surface area contributed by atoms with E-state index in [0.717, 1.165) is 26.1 Å². The van der Waals surface area contributed by atoms with E-state index in [1.807, 2.05) is 6.92 Å². The van der Waals surface area contributed by atoms with Crippen molar-refractivity contribution in [2.45, 2.75) is 46.5 Å². The minimum absolute atomic E-state index is 0.0800. The number of ketones is 1. The molecule has 0 fully saturated rings. The number of carbonyl (C=O) groups is 1. The number of likely N-dealkylation sites (N-methyl/N-ethyl adjacent to an activating group) is 1. The average molecular weight is 253 g/mol. The second-order valence-electron chi connectivity index (χ2n) is 4.40. The molecule has 1 heterocycles. The Bertz CT molecular complexity index is 372. The van der Waals surface area contributed by atoms with Crippen molar-refractivity contribution in [1.82, 2.24) is 15.0 Å². The normalized spacial score (nSPS) is 12.9. The summed E-state index contributed by atoms with van der Waals surface area (Å²) in [6.45, 7) is 10.7. The molecule has 1 atom stereocenters. The highest BCUT2D eigenvalue weighted by molar-refractivity contribution is 5.82. The van der Waals surface area contributed by atoms with Gasteiger partial charge in [0.1, 0.15) is 5.78 Å². The van der Waals surface area contributed by atoms with Crippen LogP contribution >= 0.6 is 0 Å². The van der Waals surface area contributed by atoms with Crippen LogP contribution in [0.4, 0.5) is 0 Å². The fraction of sp³-hybridized carbons (Fsp3) is 0.769. The van der Waals surface area contributed by atoms with Gasteiger partial charge in [-0.3, -0.25) is 4.79 Å². The number of aromatic nitrogens is 2. The zero-order chi connectivity index (χ0) is 13.5. The van der Waals surface area contributed by atoms with Crippen molar-refractivity contribution in [2.75, 3.05) is 19.6 Å². The molecule has 5 heteroatoms. The number of rotatable bonds is 8. The van der Waals surface area contributed by atoms with Gasteiger partial charge in [-0.2, -0.15) is 4.98 Å². The lowest BCUT2D eigenvalue weighted by Crippen LogP contribution is -2.25. The van der Waals surface area contributed by atoms with Crippen LogP contribution < -0.4 is 0 Å². The first-order valence-electron chi connectivity index (χ1n) is 6.67. The summed E-state index contributed by atoms with van der Waals surface area (Å²) >= 11 is 0. The fourth-order valence-corrected chi connectivity index (χ4v) is 1.94. The van der Waals surface area contributed by atoms with Crippen molar-refractivity contribution in [3.63, 3.8) is 0 Å². The van der Waals surface area contributed by atoms with Gasteiger partial charge in [-0.05, 0) is 26.4 Å². The highest BCUT2D eigenvalue weighted by Gasteiger charge is 2.21. The van der Waals surface area contributed by atoms with Gasteiger partial charge in [0.05, 0.1) is 5.92 Å². The molecule has 0 spiro atoms. The largest absolute Gasteiger partial charge is 0.339 e. The van der Waals surface area contributed by atoms with Gasteiger partial charge in [0.15, 0.2) is 5.82 Å². The summed E-state index contributed by atoms with van der Waals surface area (Å²) in [6.07, 6.45) is 1.46. The van der Waals surface area contributed by atoms with Crippen molar-refractivity contribution >= 4 is 5.78 Å². The summed E-state index contributed by atoms with van der Waals surface area (Å²) in [6, 6.07) is 0. The van der Waals surface area contributed by atoms with Crippen LogP contribution in [-0.2, 0) is 11.2 Å². The molecule has 1 aromatic heterocycles. The summed E-state index contributed by atoms with van der Waals surface area (Å²) in [4.78, 5) is 18.0. The van der Waals surface area contributed by atoms with Gasteiger partial charge in [0.2, 0.25) is 5.89 Å². The van der Waals surface area contributed by atoms with E-state index in [1.54, 1.807) is 6.92 Å². The topological polar surface area (TPSA) is 59.2 Å². The van der Waals surface area contributed by atoms with E-state index in [9.17, 15) is 4.79 Å². The van der Waals surface area contributed by atoms with Crippen LogP contribution in [0, 0.1) is 0 Å². The summed E-state index contributed by atoms with van der Waals surface area (Å²) in [5.74, 6) is 0.979. The quantitative estimate of drug-likeness (QED) is 0.709. The minimum atomic E-state index is -0.250. The van der Waals surface area contributed by atoms with Gasteiger partial charge in [-0.15, -0.1) is 0 Å². The third-order valence-corrected chi connectivity index (χ3v) is 3.23. The van der Waals surface area contributed by atoms with Crippen LogP contribution in [0.15, 0.2) is 4.52 Å². The Morgan fingerprint density at radius 2 is 2.00 bits per heavy atom. The van der Waals surface area contributed by atoms with Crippen molar-refractivity contribution in [1.29, 1.82) is 0 Å². The maximum Gasteiger partial charge on any atom is 0.237 e.